The molecule has 1 aliphatic rings. The Kier molecular flexibility index (Phi) is 2.88. The van der Waals surface area contributed by atoms with Gasteiger partial charge in [-0.2, -0.15) is 0 Å². The molecule has 0 atom stereocenters. The molecule has 0 aliphatic carbocycles. The molecule has 1 heterocycles. The zero-order valence-corrected chi connectivity index (χ0v) is 6.92. The van der Waals surface area contributed by atoms with E-state index >= 15 is 0 Å². The van der Waals surface area contributed by atoms with Gasteiger partial charge < -0.3 is 10.0 Å². The quantitative estimate of drug-likeness (QED) is 0.592. The van der Waals surface area contributed by atoms with Gasteiger partial charge in [0.05, 0.1) is 0 Å². The highest BCUT2D eigenvalue weighted by atomic mass is 16.3. The summed E-state index contributed by atoms with van der Waals surface area (Å²) in [6.45, 7) is 3.51. The van der Waals surface area contributed by atoms with Crippen molar-refractivity contribution < 1.29 is 9.90 Å². The van der Waals surface area contributed by atoms with Gasteiger partial charge in [-0.05, 0) is 18.8 Å². The van der Waals surface area contributed by atoms with Crippen LogP contribution in [0.15, 0.2) is 0 Å². The van der Waals surface area contributed by atoms with E-state index in [9.17, 15) is 4.79 Å². The largest absolute Gasteiger partial charge is 0.396 e. The molecule has 0 unspecified atom stereocenters. The third-order valence-electron chi connectivity index (χ3n) is 2.32. The van der Waals surface area contributed by atoms with Gasteiger partial charge in [0, 0.05) is 26.6 Å². The normalized spacial score (nSPS) is 20.4. The van der Waals surface area contributed by atoms with Gasteiger partial charge in [0.2, 0.25) is 5.91 Å². The van der Waals surface area contributed by atoms with Gasteiger partial charge in [0.15, 0.2) is 0 Å². The van der Waals surface area contributed by atoms with E-state index in [-0.39, 0.29) is 12.5 Å². The van der Waals surface area contributed by atoms with E-state index in [2.05, 4.69) is 0 Å². The van der Waals surface area contributed by atoms with Crippen LogP contribution in [-0.4, -0.2) is 35.6 Å². The van der Waals surface area contributed by atoms with Crippen LogP contribution in [0.3, 0.4) is 0 Å². The summed E-state index contributed by atoms with van der Waals surface area (Å²) in [5.41, 5.74) is 0. The van der Waals surface area contributed by atoms with E-state index in [1.165, 1.54) is 0 Å². The summed E-state index contributed by atoms with van der Waals surface area (Å²) < 4.78 is 0. The van der Waals surface area contributed by atoms with Crippen LogP contribution in [0.25, 0.3) is 0 Å². The van der Waals surface area contributed by atoms with Crippen LogP contribution in [0.5, 0.6) is 0 Å². The molecule has 0 aromatic heterocycles. The molecule has 1 amide bonds. The minimum absolute atomic E-state index is 0.154. The molecule has 0 aromatic rings. The first-order valence-electron chi connectivity index (χ1n) is 4.10. The van der Waals surface area contributed by atoms with Crippen molar-refractivity contribution in [3.63, 3.8) is 0 Å². The second-order valence-corrected chi connectivity index (χ2v) is 3.13. The molecule has 1 rings (SSSR count). The van der Waals surface area contributed by atoms with Crippen LogP contribution in [0.4, 0.5) is 0 Å². The standard InChI is InChI=1S/C8H15NO2/c1-7(11)9-4-2-8(6-10)3-5-9/h8,10H,2-6H2,1H3. The van der Waals surface area contributed by atoms with E-state index in [4.69, 9.17) is 5.11 Å². The van der Waals surface area contributed by atoms with E-state index in [1.54, 1.807) is 6.92 Å². The van der Waals surface area contributed by atoms with E-state index in [1.807, 2.05) is 4.90 Å². The topological polar surface area (TPSA) is 40.5 Å². The van der Waals surface area contributed by atoms with Crippen LogP contribution in [0, 0.1) is 5.92 Å². The molecule has 64 valence electrons. The molecule has 1 fully saturated rings. The Morgan fingerprint density at radius 1 is 1.55 bits per heavy atom. The lowest BCUT2D eigenvalue weighted by molar-refractivity contribution is -0.130. The summed E-state index contributed by atoms with van der Waals surface area (Å²) in [6.07, 6.45) is 1.91. The average Bonchev–Trinajstić information content (AvgIpc) is 2.05. The highest BCUT2D eigenvalue weighted by molar-refractivity contribution is 5.73. The number of carbonyl (C=O) groups excluding carboxylic acids is 1. The zero-order chi connectivity index (χ0) is 8.27. The SMILES string of the molecule is CC(=O)N1CCC(CO)CC1. The maximum atomic E-state index is 10.9. The van der Waals surface area contributed by atoms with Crippen molar-refractivity contribution in [2.75, 3.05) is 19.7 Å². The first-order chi connectivity index (χ1) is 5.24. The summed E-state index contributed by atoms with van der Waals surface area (Å²) in [5, 5.41) is 8.81. The third-order valence-corrected chi connectivity index (χ3v) is 2.32. The van der Waals surface area contributed by atoms with Gasteiger partial charge in [-0.1, -0.05) is 0 Å². The first-order valence-corrected chi connectivity index (χ1v) is 4.10. The maximum Gasteiger partial charge on any atom is 0.219 e. The number of nitrogens with zero attached hydrogens (tertiary/aromatic N) is 1. The van der Waals surface area contributed by atoms with Gasteiger partial charge in [-0.15, -0.1) is 0 Å². The molecule has 0 spiro atoms. The lowest BCUT2D eigenvalue weighted by atomic mass is 9.98. The van der Waals surface area contributed by atoms with E-state index < -0.39 is 0 Å². The van der Waals surface area contributed by atoms with Crippen LogP contribution in [0.2, 0.25) is 0 Å². The van der Waals surface area contributed by atoms with Crippen molar-refractivity contribution in [1.29, 1.82) is 0 Å². The van der Waals surface area contributed by atoms with Crippen LogP contribution < -0.4 is 0 Å². The van der Waals surface area contributed by atoms with E-state index in [0.29, 0.717) is 5.92 Å². The lowest BCUT2D eigenvalue weighted by Gasteiger charge is -2.30. The lowest BCUT2D eigenvalue weighted by Crippen LogP contribution is -2.37. The van der Waals surface area contributed by atoms with Crippen molar-refractivity contribution in [1.82, 2.24) is 4.90 Å². The van der Waals surface area contributed by atoms with Crippen LogP contribution in [-0.2, 0) is 4.79 Å². The number of rotatable bonds is 1. The Bertz CT molecular complexity index is 139. The van der Waals surface area contributed by atoms with Crippen molar-refractivity contribution in [2.24, 2.45) is 5.92 Å². The van der Waals surface area contributed by atoms with Gasteiger partial charge in [0.25, 0.3) is 0 Å². The molecule has 0 bridgehead atoms. The average molecular weight is 157 g/mol. The number of hydrogen-bond donors (Lipinski definition) is 1. The summed E-state index contributed by atoms with van der Waals surface area (Å²) in [4.78, 5) is 12.7. The number of amides is 1. The highest BCUT2D eigenvalue weighted by Crippen LogP contribution is 2.15. The van der Waals surface area contributed by atoms with E-state index in [0.717, 1.165) is 25.9 Å². The minimum atomic E-state index is 0.154. The Morgan fingerprint density at radius 2 is 2.09 bits per heavy atom. The number of aliphatic hydroxyl groups is 1. The Hall–Kier alpha value is -0.570. The number of aliphatic hydroxyl groups excluding tert-OH is 1. The molecular weight excluding hydrogens is 142 g/mol. The molecule has 0 radical (unpaired) electrons. The smallest absolute Gasteiger partial charge is 0.219 e. The number of hydrogen-bond acceptors (Lipinski definition) is 2. The fraction of sp³-hybridized carbons (Fsp3) is 0.875. The van der Waals surface area contributed by atoms with Crippen LogP contribution >= 0.6 is 0 Å². The summed E-state index contributed by atoms with van der Waals surface area (Å²) in [6, 6.07) is 0. The predicted molar refractivity (Wildman–Crippen MR) is 42.1 cm³/mol. The van der Waals surface area contributed by atoms with Crippen molar-refractivity contribution in [3.8, 4) is 0 Å². The maximum absolute atomic E-state index is 10.9. The minimum Gasteiger partial charge on any atom is -0.396 e. The van der Waals surface area contributed by atoms with Crippen molar-refractivity contribution >= 4 is 5.91 Å². The van der Waals surface area contributed by atoms with Crippen LogP contribution in [0.1, 0.15) is 19.8 Å². The second-order valence-electron chi connectivity index (χ2n) is 3.13. The van der Waals surface area contributed by atoms with Gasteiger partial charge in [-0.3, -0.25) is 4.79 Å². The number of piperidine rings is 1. The third kappa shape index (κ3) is 2.19. The summed E-state index contributed by atoms with van der Waals surface area (Å²) in [5.74, 6) is 0.576. The molecule has 1 aliphatic heterocycles. The van der Waals surface area contributed by atoms with Gasteiger partial charge in [-0.25, -0.2) is 0 Å². The highest BCUT2D eigenvalue weighted by Gasteiger charge is 2.19. The Morgan fingerprint density at radius 3 is 2.45 bits per heavy atom. The molecular formula is C8H15NO2. The molecule has 3 heteroatoms. The van der Waals surface area contributed by atoms with Gasteiger partial charge >= 0.3 is 0 Å². The second kappa shape index (κ2) is 3.72. The first kappa shape index (κ1) is 8.53. The molecule has 11 heavy (non-hydrogen) atoms. The molecule has 0 aromatic carbocycles. The number of carbonyl (C=O) groups is 1. The zero-order valence-electron chi connectivity index (χ0n) is 6.92. The molecule has 1 saturated heterocycles. The molecule has 0 saturated carbocycles. The summed E-state index contributed by atoms with van der Waals surface area (Å²) in [7, 11) is 0. The fourth-order valence-corrected chi connectivity index (χ4v) is 1.43. The predicted octanol–water partition coefficient (Wildman–Crippen LogP) is 0.237. The molecule has 1 N–H and O–H groups in total. The number of likely N-dealkylation sites (tertiary alicyclic amines) is 1. The molecule has 3 nitrogen and oxygen atoms in total. The monoisotopic (exact) mass is 157 g/mol. The Labute approximate surface area is 67.0 Å². The van der Waals surface area contributed by atoms with Gasteiger partial charge in [0.1, 0.15) is 0 Å². The Balaban J connectivity index is 2.30. The summed E-state index contributed by atoms with van der Waals surface area (Å²) >= 11 is 0. The van der Waals surface area contributed by atoms with Crippen molar-refractivity contribution in [2.45, 2.75) is 19.8 Å². The fourth-order valence-electron chi connectivity index (χ4n) is 1.43. The van der Waals surface area contributed by atoms with Crippen molar-refractivity contribution in [3.05, 3.63) is 0 Å².